The van der Waals surface area contributed by atoms with Crippen LogP contribution >= 0.6 is 11.6 Å². The first-order valence-corrected chi connectivity index (χ1v) is 9.21. The lowest BCUT2D eigenvalue weighted by molar-refractivity contribution is -0.123. The number of pyridine rings is 2. The summed E-state index contributed by atoms with van der Waals surface area (Å²) in [5.41, 5.74) is 2.25. The van der Waals surface area contributed by atoms with Crippen LogP contribution in [0.4, 0.5) is 5.69 Å². The van der Waals surface area contributed by atoms with E-state index in [4.69, 9.17) is 20.9 Å². The first-order valence-electron chi connectivity index (χ1n) is 8.83. The molecule has 28 heavy (non-hydrogen) atoms. The van der Waals surface area contributed by atoms with Crippen LogP contribution in [0.25, 0.3) is 11.1 Å². The molecule has 1 aliphatic carbocycles. The fourth-order valence-corrected chi connectivity index (χ4v) is 3.02. The molecule has 1 atom stereocenters. The Morgan fingerprint density at radius 2 is 2.18 bits per heavy atom. The van der Waals surface area contributed by atoms with Crippen molar-refractivity contribution in [3.63, 3.8) is 0 Å². The van der Waals surface area contributed by atoms with Gasteiger partial charge < -0.3 is 14.6 Å². The Kier molecular flexibility index (Phi) is 4.72. The van der Waals surface area contributed by atoms with Gasteiger partial charge in [0.25, 0.3) is 11.6 Å². The number of carbonyl (C=O) groups excluding carboxylic acids is 2. The molecule has 1 aliphatic rings. The van der Waals surface area contributed by atoms with Gasteiger partial charge in [-0.25, -0.2) is 14.8 Å². The number of nitrogens with zero attached hydrogens (tertiary/aromatic N) is 3. The Hall–Kier alpha value is -3.00. The van der Waals surface area contributed by atoms with Crippen LogP contribution in [-0.4, -0.2) is 33.1 Å². The summed E-state index contributed by atoms with van der Waals surface area (Å²) in [6, 6.07) is 4.95. The zero-order chi connectivity index (χ0) is 19.8. The lowest BCUT2D eigenvalue weighted by atomic mass is 10.1. The van der Waals surface area contributed by atoms with Gasteiger partial charge in [0.05, 0.1) is 22.3 Å². The highest BCUT2D eigenvalue weighted by atomic mass is 35.5. The molecule has 3 aromatic heterocycles. The Labute approximate surface area is 165 Å². The molecule has 0 saturated heterocycles. The van der Waals surface area contributed by atoms with E-state index in [1.807, 2.05) is 0 Å². The van der Waals surface area contributed by atoms with E-state index in [9.17, 15) is 9.59 Å². The van der Waals surface area contributed by atoms with E-state index in [-0.39, 0.29) is 5.15 Å². The Balaban J connectivity index is 1.55. The van der Waals surface area contributed by atoms with Crippen molar-refractivity contribution >= 4 is 40.3 Å². The first kappa shape index (κ1) is 18.4. The summed E-state index contributed by atoms with van der Waals surface area (Å²) >= 11 is 5.94. The van der Waals surface area contributed by atoms with Crippen LogP contribution in [-0.2, 0) is 9.53 Å². The third-order valence-corrected chi connectivity index (χ3v) is 4.82. The number of rotatable bonds is 5. The van der Waals surface area contributed by atoms with Crippen LogP contribution in [0.15, 0.2) is 28.9 Å². The number of fused-ring (bicyclic) bond motifs is 1. The molecule has 8 nitrogen and oxygen atoms in total. The third kappa shape index (κ3) is 3.55. The van der Waals surface area contributed by atoms with Crippen LogP contribution in [0.3, 0.4) is 0 Å². The first-order chi connectivity index (χ1) is 13.4. The summed E-state index contributed by atoms with van der Waals surface area (Å²) in [4.78, 5) is 33.5. The van der Waals surface area contributed by atoms with Crippen molar-refractivity contribution in [1.82, 2.24) is 15.1 Å². The summed E-state index contributed by atoms with van der Waals surface area (Å²) in [5.74, 6) is -0.839. The van der Waals surface area contributed by atoms with Gasteiger partial charge in [0.1, 0.15) is 0 Å². The highest BCUT2D eigenvalue weighted by molar-refractivity contribution is 6.32. The van der Waals surface area contributed by atoms with E-state index in [1.54, 1.807) is 25.1 Å². The van der Waals surface area contributed by atoms with Crippen molar-refractivity contribution in [3.05, 3.63) is 46.5 Å². The van der Waals surface area contributed by atoms with Gasteiger partial charge in [-0.2, -0.15) is 0 Å². The fraction of sp³-hybridized carbons (Fsp3) is 0.316. The molecule has 144 valence electrons. The molecule has 1 N–H and O–H groups in total. The predicted octanol–water partition coefficient (Wildman–Crippen LogP) is 3.64. The van der Waals surface area contributed by atoms with Gasteiger partial charge in [-0.3, -0.25) is 4.79 Å². The molecule has 3 heterocycles. The van der Waals surface area contributed by atoms with Crippen LogP contribution < -0.4 is 5.32 Å². The second-order valence-electron chi connectivity index (χ2n) is 6.70. The Morgan fingerprint density at radius 3 is 2.89 bits per heavy atom. The largest absolute Gasteiger partial charge is 0.449 e. The number of amides is 1. The lowest BCUT2D eigenvalue weighted by Crippen LogP contribution is -2.30. The number of aryl methyl sites for hydroxylation is 1. The van der Waals surface area contributed by atoms with Crippen molar-refractivity contribution in [2.24, 2.45) is 0 Å². The second kappa shape index (κ2) is 7.20. The molecule has 3 aromatic rings. The number of hydrogen-bond acceptors (Lipinski definition) is 7. The number of halogens is 1. The van der Waals surface area contributed by atoms with E-state index in [0.29, 0.717) is 34.0 Å². The molecule has 1 saturated carbocycles. The van der Waals surface area contributed by atoms with E-state index in [0.717, 1.165) is 18.5 Å². The van der Waals surface area contributed by atoms with E-state index in [1.165, 1.54) is 13.1 Å². The van der Waals surface area contributed by atoms with Crippen LogP contribution in [0, 0.1) is 6.92 Å². The highest BCUT2D eigenvalue weighted by Gasteiger charge is 2.30. The van der Waals surface area contributed by atoms with Gasteiger partial charge in [-0.1, -0.05) is 16.8 Å². The lowest BCUT2D eigenvalue weighted by Gasteiger charge is -2.14. The molecule has 1 unspecified atom stereocenters. The summed E-state index contributed by atoms with van der Waals surface area (Å²) in [6.07, 6.45) is 2.50. The Morgan fingerprint density at radius 1 is 1.39 bits per heavy atom. The van der Waals surface area contributed by atoms with Crippen LogP contribution in [0.2, 0.25) is 5.15 Å². The minimum Gasteiger partial charge on any atom is -0.449 e. The fourth-order valence-electron chi connectivity index (χ4n) is 2.85. The summed E-state index contributed by atoms with van der Waals surface area (Å²) in [7, 11) is 0. The maximum atomic E-state index is 12.8. The third-order valence-electron chi connectivity index (χ3n) is 4.52. The summed E-state index contributed by atoms with van der Waals surface area (Å²) < 4.78 is 10.6. The predicted molar refractivity (Wildman–Crippen MR) is 101 cm³/mol. The van der Waals surface area contributed by atoms with Gasteiger partial charge >= 0.3 is 5.97 Å². The number of esters is 1. The number of nitrogens with one attached hydrogen (secondary N) is 1. The highest BCUT2D eigenvalue weighted by Crippen LogP contribution is 2.40. The number of ether oxygens (including phenoxy) is 1. The average Bonchev–Trinajstić information content (AvgIpc) is 3.46. The van der Waals surface area contributed by atoms with E-state index < -0.39 is 18.0 Å². The van der Waals surface area contributed by atoms with Crippen molar-refractivity contribution in [2.75, 3.05) is 5.32 Å². The maximum absolute atomic E-state index is 12.8. The van der Waals surface area contributed by atoms with E-state index in [2.05, 4.69) is 20.4 Å². The Bertz CT molecular complexity index is 1080. The van der Waals surface area contributed by atoms with Gasteiger partial charge in [-0.15, -0.1) is 0 Å². The smallest absolute Gasteiger partial charge is 0.339 e. The van der Waals surface area contributed by atoms with E-state index >= 15 is 0 Å². The average molecular weight is 401 g/mol. The molecule has 1 amide bonds. The van der Waals surface area contributed by atoms with Gasteiger partial charge in [0, 0.05) is 17.8 Å². The molecular formula is C19H17ClN4O4. The maximum Gasteiger partial charge on any atom is 0.339 e. The number of carbonyl (C=O) groups is 2. The molecule has 0 bridgehead atoms. The quantitative estimate of drug-likeness (QED) is 0.514. The molecule has 0 spiro atoms. The SMILES string of the molecule is Cc1noc2nc(C3CC3)cc(C(=O)OC(C)C(=O)Nc3cccnc3Cl)c12. The molecular weight excluding hydrogens is 384 g/mol. The van der Waals surface area contributed by atoms with Gasteiger partial charge in [0.15, 0.2) is 11.3 Å². The number of aromatic nitrogens is 3. The molecule has 9 heteroatoms. The van der Waals surface area contributed by atoms with Gasteiger partial charge in [-0.05, 0) is 44.9 Å². The standard InChI is InChI=1S/C19H17ClN4O4/c1-9-15-12(8-14(11-5-6-11)23-18(15)28-24-9)19(26)27-10(2)17(25)22-13-4-3-7-21-16(13)20/h3-4,7-8,10-11H,5-6H2,1-2H3,(H,22,25). The zero-order valence-corrected chi connectivity index (χ0v) is 16.0. The van der Waals surface area contributed by atoms with Crippen molar-refractivity contribution in [3.8, 4) is 0 Å². The molecule has 0 radical (unpaired) electrons. The summed E-state index contributed by atoms with van der Waals surface area (Å²) in [6.45, 7) is 3.21. The van der Waals surface area contributed by atoms with Crippen LogP contribution in [0.1, 0.15) is 47.4 Å². The molecule has 4 rings (SSSR count). The molecule has 0 aliphatic heterocycles. The molecule has 0 aromatic carbocycles. The second-order valence-corrected chi connectivity index (χ2v) is 7.05. The van der Waals surface area contributed by atoms with Crippen molar-refractivity contribution < 1.29 is 18.8 Å². The number of anilines is 1. The minimum atomic E-state index is -1.04. The van der Waals surface area contributed by atoms with Gasteiger partial charge in [0.2, 0.25) is 0 Å². The van der Waals surface area contributed by atoms with Crippen molar-refractivity contribution in [1.29, 1.82) is 0 Å². The molecule has 1 fully saturated rings. The van der Waals surface area contributed by atoms with Crippen molar-refractivity contribution in [2.45, 2.75) is 38.7 Å². The monoisotopic (exact) mass is 400 g/mol. The van der Waals surface area contributed by atoms with Crippen LogP contribution in [0.5, 0.6) is 0 Å². The number of hydrogen-bond donors (Lipinski definition) is 1. The summed E-state index contributed by atoms with van der Waals surface area (Å²) in [5, 5.41) is 7.14. The zero-order valence-electron chi connectivity index (χ0n) is 15.2. The minimum absolute atomic E-state index is 0.152. The normalized spacial score (nSPS) is 14.7. The topological polar surface area (TPSA) is 107 Å².